The summed E-state index contributed by atoms with van der Waals surface area (Å²) in [5.74, 6) is 0. The van der Waals surface area contributed by atoms with Crippen LogP contribution in [0.15, 0.2) is 52.5 Å². The standard InChI is InChI=1S/C13H12PS3.C2H6/c1-14(11-5-2-8-15-11,12-6-3-9-16-12)13-7-4-10-17-13;1-2/h2-10H,1H3;1-2H3/q+1;. The molecule has 100 valence electrons. The molecule has 0 spiro atoms. The predicted octanol–water partition coefficient (Wildman–Crippen LogP) is 4.82. The van der Waals surface area contributed by atoms with Crippen LogP contribution in [0.3, 0.4) is 0 Å². The fraction of sp³-hybridized carbons (Fsp3) is 0.200. The average Bonchev–Trinajstić information content (AvgIpc) is 3.22. The molecule has 0 saturated heterocycles. The molecule has 3 aromatic rings. The zero-order valence-corrected chi connectivity index (χ0v) is 14.7. The minimum atomic E-state index is -1.33. The second-order valence-electron chi connectivity index (χ2n) is 3.86. The molecule has 0 aliphatic carbocycles. The van der Waals surface area contributed by atoms with Gasteiger partial charge in [0, 0.05) is 0 Å². The van der Waals surface area contributed by atoms with E-state index in [2.05, 4.69) is 59.2 Å². The van der Waals surface area contributed by atoms with E-state index in [1.54, 1.807) is 0 Å². The van der Waals surface area contributed by atoms with Gasteiger partial charge in [0.1, 0.15) is 7.26 Å². The Morgan fingerprint density at radius 1 is 0.684 bits per heavy atom. The van der Waals surface area contributed by atoms with Gasteiger partial charge in [-0.1, -0.05) is 13.8 Å². The first kappa shape index (κ1) is 14.9. The van der Waals surface area contributed by atoms with Crippen molar-refractivity contribution in [1.29, 1.82) is 0 Å². The zero-order chi connectivity index (χ0) is 13.7. The van der Waals surface area contributed by atoms with E-state index in [4.69, 9.17) is 0 Å². The molecule has 3 rings (SSSR count). The van der Waals surface area contributed by atoms with Crippen LogP contribution in [0.1, 0.15) is 13.8 Å². The normalized spacial score (nSPS) is 10.9. The Labute approximate surface area is 128 Å². The maximum Gasteiger partial charge on any atom is 0.158 e. The van der Waals surface area contributed by atoms with E-state index >= 15 is 0 Å². The van der Waals surface area contributed by atoms with E-state index in [1.165, 1.54) is 13.9 Å². The largest absolute Gasteiger partial charge is 0.158 e. The molecular formula is C15H18PS3+. The van der Waals surface area contributed by atoms with E-state index in [0.717, 1.165) is 0 Å². The SMILES string of the molecule is CC.C[P+](c1cccs1)(c1cccs1)c1cccs1. The number of hydrogen-bond donors (Lipinski definition) is 0. The fourth-order valence-electron chi connectivity index (χ4n) is 1.90. The molecule has 19 heavy (non-hydrogen) atoms. The van der Waals surface area contributed by atoms with Gasteiger partial charge in [-0.3, -0.25) is 0 Å². The summed E-state index contributed by atoms with van der Waals surface area (Å²) in [4.78, 5) is 0. The van der Waals surface area contributed by atoms with Gasteiger partial charge >= 0.3 is 0 Å². The van der Waals surface area contributed by atoms with Gasteiger partial charge in [-0.05, 0) is 52.5 Å². The van der Waals surface area contributed by atoms with Crippen molar-refractivity contribution < 1.29 is 0 Å². The third kappa shape index (κ3) is 2.85. The van der Waals surface area contributed by atoms with Crippen LogP contribution in [0.4, 0.5) is 0 Å². The first-order valence-electron chi connectivity index (χ1n) is 6.30. The van der Waals surface area contributed by atoms with Crippen molar-refractivity contribution in [1.82, 2.24) is 0 Å². The molecule has 0 bridgehead atoms. The van der Waals surface area contributed by atoms with Crippen LogP contribution in [0.2, 0.25) is 0 Å². The van der Waals surface area contributed by atoms with Crippen molar-refractivity contribution in [3.63, 3.8) is 0 Å². The molecule has 0 amide bonds. The van der Waals surface area contributed by atoms with Gasteiger partial charge < -0.3 is 0 Å². The van der Waals surface area contributed by atoms with Crippen molar-refractivity contribution in [2.75, 3.05) is 6.66 Å². The van der Waals surface area contributed by atoms with Crippen LogP contribution < -0.4 is 13.9 Å². The second kappa shape index (κ2) is 6.81. The molecule has 0 N–H and O–H groups in total. The number of thiophene rings is 3. The summed E-state index contributed by atoms with van der Waals surface area (Å²) < 4.78 is 4.59. The third-order valence-corrected chi connectivity index (χ3v) is 12.2. The summed E-state index contributed by atoms with van der Waals surface area (Å²) in [6, 6.07) is 13.4. The molecule has 0 aliphatic heterocycles. The van der Waals surface area contributed by atoms with Crippen LogP contribution >= 0.6 is 41.3 Å². The van der Waals surface area contributed by atoms with Crippen LogP contribution in [0.5, 0.6) is 0 Å². The van der Waals surface area contributed by atoms with Gasteiger partial charge in [0.2, 0.25) is 0 Å². The molecule has 3 aromatic heterocycles. The maximum atomic E-state index is 2.44. The lowest BCUT2D eigenvalue weighted by Crippen LogP contribution is -2.24. The van der Waals surface area contributed by atoms with Gasteiger partial charge in [-0.15, -0.1) is 34.0 Å². The first-order chi connectivity index (χ1) is 9.32. The average molecular weight is 325 g/mol. The van der Waals surface area contributed by atoms with Crippen molar-refractivity contribution in [2.45, 2.75) is 13.8 Å². The zero-order valence-electron chi connectivity index (χ0n) is 11.4. The third-order valence-electron chi connectivity index (χ3n) is 2.84. The molecule has 4 heteroatoms. The summed E-state index contributed by atoms with van der Waals surface area (Å²) >= 11 is 5.67. The fourth-order valence-corrected chi connectivity index (χ4v) is 10.4. The Morgan fingerprint density at radius 3 is 1.21 bits per heavy atom. The predicted molar refractivity (Wildman–Crippen MR) is 96.1 cm³/mol. The Bertz CT molecular complexity index is 481. The minimum absolute atomic E-state index is 1.33. The van der Waals surface area contributed by atoms with Crippen LogP contribution in [0, 0.1) is 0 Å². The Balaban J connectivity index is 0.000000637. The molecule has 0 fully saturated rings. The second-order valence-corrected chi connectivity index (χ2v) is 11.1. The highest BCUT2D eigenvalue weighted by atomic mass is 32.1. The Morgan fingerprint density at radius 2 is 1.00 bits per heavy atom. The van der Waals surface area contributed by atoms with Crippen molar-refractivity contribution in [3.8, 4) is 0 Å². The number of hydrogen-bond acceptors (Lipinski definition) is 3. The first-order valence-corrected chi connectivity index (χ1v) is 11.2. The maximum absolute atomic E-state index is 2.44. The Hall–Kier alpha value is -0.470. The summed E-state index contributed by atoms with van der Waals surface area (Å²) in [5.41, 5.74) is 0. The summed E-state index contributed by atoms with van der Waals surface area (Å²) in [6.45, 7) is 6.44. The van der Waals surface area contributed by atoms with Gasteiger partial charge in [0.25, 0.3) is 0 Å². The van der Waals surface area contributed by atoms with Crippen molar-refractivity contribution in [2.24, 2.45) is 0 Å². The van der Waals surface area contributed by atoms with Crippen LogP contribution in [0.25, 0.3) is 0 Å². The lowest BCUT2D eigenvalue weighted by atomic mass is 10.7. The number of rotatable bonds is 3. The molecule has 0 unspecified atom stereocenters. The van der Waals surface area contributed by atoms with E-state index < -0.39 is 7.26 Å². The molecule has 0 nitrogen and oxygen atoms in total. The van der Waals surface area contributed by atoms with Crippen molar-refractivity contribution in [3.05, 3.63) is 52.5 Å². The van der Waals surface area contributed by atoms with E-state index in [-0.39, 0.29) is 0 Å². The lowest BCUT2D eigenvalue weighted by molar-refractivity contribution is 1.50. The smallest absolute Gasteiger partial charge is 0.107 e. The van der Waals surface area contributed by atoms with Gasteiger partial charge in [-0.25, -0.2) is 0 Å². The molecular weight excluding hydrogens is 307 g/mol. The molecule has 0 radical (unpaired) electrons. The molecule has 0 aromatic carbocycles. The lowest BCUT2D eigenvalue weighted by Gasteiger charge is -2.16. The van der Waals surface area contributed by atoms with E-state index in [0.29, 0.717) is 0 Å². The molecule has 0 aliphatic rings. The summed E-state index contributed by atoms with van der Waals surface area (Å²) in [7, 11) is -1.33. The van der Waals surface area contributed by atoms with E-state index in [1.807, 2.05) is 47.9 Å². The summed E-state index contributed by atoms with van der Waals surface area (Å²) in [5, 5.41) is 6.57. The van der Waals surface area contributed by atoms with E-state index in [9.17, 15) is 0 Å². The highest BCUT2D eigenvalue weighted by Gasteiger charge is 2.43. The monoisotopic (exact) mass is 325 g/mol. The van der Waals surface area contributed by atoms with Gasteiger partial charge in [-0.2, -0.15) is 0 Å². The van der Waals surface area contributed by atoms with Crippen molar-refractivity contribution >= 4 is 55.1 Å². The topological polar surface area (TPSA) is 0 Å². The van der Waals surface area contributed by atoms with Crippen LogP contribution in [-0.2, 0) is 0 Å². The van der Waals surface area contributed by atoms with Gasteiger partial charge in [0.05, 0.1) is 6.66 Å². The molecule has 3 heterocycles. The minimum Gasteiger partial charge on any atom is -0.107 e. The molecule has 0 atom stereocenters. The van der Waals surface area contributed by atoms with Gasteiger partial charge in [0.15, 0.2) is 13.9 Å². The Kier molecular flexibility index (Phi) is 5.35. The van der Waals surface area contributed by atoms with Crippen LogP contribution in [-0.4, -0.2) is 6.66 Å². The highest BCUT2D eigenvalue weighted by Crippen LogP contribution is 2.54. The quantitative estimate of drug-likeness (QED) is 0.606. The molecule has 0 saturated carbocycles. The highest BCUT2D eigenvalue weighted by molar-refractivity contribution is 8.03. The summed E-state index contributed by atoms with van der Waals surface area (Å²) in [6.07, 6.45) is 0.